The van der Waals surface area contributed by atoms with Crippen molar-refractivity contribution >= 4 is 22.6 Å². The number of halogens is 2. The molecule has 5 heteroatoms. The molecule has 1 aliphatic carbocycles. The lowest BCUT2D eigenvalue weighted by Gasteiger charge is -2.13. The molecule has 25 heavy (non-hydrogen) atoms. The van der Waals surface area contributed by atoms with Crippen molar-refractivity contribution in [2.45, 2.75) is 32.8 Å². The van der Waals surface area contributed by atoms with Gasteiger partial charge in [-0.1, -0.05) is 17.7 Å². The summed E-state index contributed by atoms with van der Waals surface area (Å²) in [7, 11) is 0. The van der Waals surface area contributed by atoms with Gasteiger partial charge in [0.2, 0.25) is 0 Å². The fourth-order valence-corrected chi connectivity index (χ4v) is 3.57. The molecule has 0 spiro atoms. The molecule has 3 nitrogen and oxygen atoms in total. The van der Waals surface area contributed by atoms with Gasteiger partial charge in [-0.2, -0.15) is 0 Å². The standard InChI is InChI=1S/C20H16ClFO3/c1-11-18(24-10-12-5-6-13(21)9-17(12)22)8-7-15-14-3-2-4-16(14)20(23)25-19(11)15/h5-9H,2-4,10H2,1H3. The van der Waals surface area contributed by atoms with E-state index in [0.717, 1.165) is 41.3 Å². The summed E-state index contributed by atoms with van der Waals surface area (Å²) in [6.07, 6.45) is 2.65. The minimum absolute atomic E-state index is 0.0739. The molecule has 1 heterocycles. The van der Waals surface area contributed by atoms with Crippen molar-refractivity contribution in [1.29, 1.82) is 0 Å². The lowest BCUT2D eigenvalue weighted by Crippen LogP contribution is -2.08. The first kappa shape index (κ1) is 16.2. The van der Waals surface area contributed by atoms with E-state index in [4.69, 9.17) is 20.8 Å². The maximum Gasteiger partial charge on any atom is 0.339 e. The molecule has 4 rings (SSSR count). The highest BCUT2D eigenvalue weighted by atomic mass is 35.5. The summed E-state index contributed by atoms with van der Waals surface area (Å²) in [6, 6.07) is 8.25. The first-order valence-electron chi connectivity index (χ1n) is 8.19. The average Bonchev–Trinajstić information content (AvgIpc) is 3.07. The Balaban J connectivity index is 1.70. The van der Waals surface area contributed by atoms with Crippen LogP contribution in [0.25, 0.3) is 11.0 Å². The zero-order valence-electron chi connectivity index (χ0n) is 13.7. The Hall–Kier alpha value is -2.33. The summed E-state index contributed by atoms with van der Waals surface area (Å²) in [5, 5.41) is 1.31. The third kappa shape index (κ3) is 2.81. The Labute approximate surface area is 149 Å². The first-order chi connectivity index (χ1) is 12.0. The molecule has 0 amide bonds. The Morgan fingerprint density at radius 2 is 2.00 bits per heavy atom. The molecule has 0 bridgehead atoms. The molecule has 1 aromatic heterocycles. The third-order valence-electron chi connectivity index (χ3n) is 4.74. The normalized spacial score (nSPS) is 13.2. The maximum atomic E-state index is 13.9. The van der Waals surface area contributed by atoms with Gasteiger partial charge >= 0.3 is 5.63 Å². The molecule has 0 fully saturated rings. The molecule has 1 aliphatic rings. The van der Waals surface area contributed by atoms with Crippen LogP contribution in [0.5, 0.6) is 5.75 Å². The van der Waals surface area contributed by atoms with Crippen LogP contribution in [0.15, 0.2) is 39.5 Å². The second kappa shape index (κ2) is 6.19. The topological polar surface area (TPSA) is 39.4 Å². The number of hydrogen-bond donors (Lipinski definition) is 0. The van der Waals surface area contributed by atoms with Gasteiger partial charge in [-0.05, 0) is 56.0 Å². The van der Waals surface area contributed by atoms with Gasteiger partial charge in [0.1, 0.15) is 23.8 Å². The van der Waals surface area contributed by atoms with E-state index in [1.807, 2.05) is 19.1 Å². The number of hydrogen-bond acceptors (Lipinski definition) is 3. The van der Waals surface area contributed by atoms with E-state index >= 15 is 0 Å². The van der Waals surface area contributed by atoms with Crippen LogP contribution < -0.4 is 10.4 Å². The van der Waals surface area contributed by atoms with Crippen LogP contribution >= 0.6 is 11.6 Å². The number of fused-ring (bicyclic) bond motifs is 3. The fourth-order valence-electron chi connectivity index (χ4n) is 3.41. The molecular weight excluding hydrogens is 343 g/mol. The van der Waals surface area contributed by atoms with E-state index in [1.165, 1.54) is 6.07 Å². The predicted octanol–water partition coefficient (Wildman–Crippen LogP) is 4.96. The monoisotopic (exact) mass is 358 g/mol. The molecule has 0 saturated heterocycles. The Kier molecular flexibility index (Phi) is 4.00. The number of rotatable bonds is 3. The van der Waals surface area contributed by atoms with Crippen molar-refractivity contribution < 1.29 is 13.5 Å². The largest absolute Gasteiger partial charge is 0.488 e. The van der Waals surface area contributed by atoms with Gasteiger partial charge in [-0.15, -0.1) is 0 Å². The fraction of sp³-hybridized carbons (Fsp3) is 0.250. The highest BCUT2D eigenvalue weighted by Gasteiger charge is 2.21. The number of aryl methyl sites for hydroxylation is 2. The molecule has 128 valence electrons. The Morgan fingerprint density at radius 3 is 2.80 bits per heavy atom. The smallest absolute Gasteiger partial charge is 0.339 e. The summed E-state index contributed by atoms with van der Waals surface area (Å²) < 4.78 is 25.2. The Bertz CT molecular complexity index is 1040. The molecule has 2 aromatic carbocycles. The maximum absolute atomic E-state index is 13.9. The van der Waals surface area contributed by atoms with Crippen LogP contribution in [0.1, 0.15) is 28.7 Å². The SMILES string of the molecule is Cc1c(OCc2ccc(Cl)cc2F)ccc2c3c(c(=O)oc12)CCC3. The molecule has 0 atom stereocenters. The number of ether oxygens (including phenoxy) is 1. The quantitative estimate of drug-likeness (QED) is 0.621. The molecular formula is C20H16ClFO3. The predicted molar refractivity (Wildman–Crippen MR) is 95.0 cm³/mol. The van der Waals surface area contributed by atoms with Crippen LogP contribution in [0.4, 0.5) is 4.39 Å². The highest BCUT2D eigenvalue weighted by Crippen LogP contribution is 2.33. The van der Waals surface area contributed by atoms with E-state index in [-0.39, 0.29) is 12.2 Å². The summed E-state index contributed by atoms with van der Waals surface area (Å²) in [4.78, 5) is 12.2. The van der Waals surface area contributed by atoms with E-state index in [0.29, 0.717) is 21.9 Å². The van der Waals surface area contributed by atoms with Crippen molar-refractivity contribution in [3.8, 4) is 5.75 Å². The first-order valence-corrected chi connectivity index (χ1v) is 8.57. The van der Waals surface area contributed by atoms with Crippen molar-refractivity contribution in [1.82, 2.24) is 0 Å². The summed E-state index contributed by atoms with van der Waals surface area (Å²) in [5.74, 6) is 0.165. The van der Waals surface area contributed by atoms with E-state index < -0.39 is 5.82 Å². The zero-order valence-corrected chi connectivity index (χ0v) is 14.5. The van der Waals surface area contributed by atoms with Crippen LogP contribution in [0, 0.1) is 12.7 Å². The van der Waals surface area contributed by atoms with Gasteiger partial charge < -0.3 is 9.15 Å². The van der Waals surface area contributed by atoms with Crippen molar-refractivity contribution in [2.24, 2.45) is 0 Å². The molecule has 0 saturated carbocycles. The van der Waals surface area contributed by atoms with Crippen LogP contribution in [0.2, 0.25) is 5.02 Å². The summed E-state index contributed by atoms with van der Waals surface area (Å²) in [5.41, 5.74) is 3.34. The lowest BCUT2D eigenvalue weighted by molar-refractivity contribution is 0.297. The van der Waals surface area contributed by atoms with Gasteiger partial charge in [0.15, 0.2) is 0 Å². The van der Waals surface area contributed by atoms with Crippen LogP contribution in [-0.4, -0.2) is 0 Å². The van der Waals surface area contributed by atoms with Crippen LogP contribution in [0.3, 0.4) is 0 Å². The second-order valence-corrected chi connectivity index (χ2v) is 6.73. The lowest BCUT2D eigenvalue weighted by atomic mass is 10.0. The van der Waals surface area contributed by atoms with Gasteiger partial charge in [0.05, 0.1) is 0 Å². The number of benzene rings is 2. The van der Waals surface area contributed by atoms with Gasteiger partial charge in [0.25, 0.3) is 0 Å². The third-order valence-corrected chi connectivity index (χ3v) is 4.97. The van der Waals surface area contributed by atoms with Crippen molar-refractivity contribution in [2.75, 3.05) is 0 Å². The zero-order chi connectivity index (χ0) is 17.6. The Morgan fingerprint density at radius 1 is 1.20 bits per heavy atom. The molecule has 0 N–H and O–H groups in total. The minimum atomic E-state index is -0.407. The van der Waals surface area contributed by atoms with Crippen molar-refractivity contribution in [3.63, 3.8) is 0 Å². The van der Waals surface area contributed by atoms with Gasteiger partial charge in [0, 0.05) is 27.1 Å². The molecule has 0 unspecified atom stereocenters. The molecule has 3 aromatic rings. The molecule has 0 radical (unpaired) electrons. The average molecular weight is 359 g/mol. The van der Waals surface area contributed by atoms with Crippen LogP contribution in [-0.2, 0) is 19.4 Å². The van der Waals surface area contributed by atoms with Gasteiger partial charge in [-0.25, -0.2) is 9.18 Å². The molecule has 0 aliphatic heterocycles. The minimum Gasteiger partial charge on any atom is -0.488 e. The van der Waals surface area contributed by atoms with Crippen molar-refractivity contribution in [3.05, 3.63) is 73.8 Å². The summed E-state index contributed by atoms with van der Waals surface area (Å²) in [6.45, 7) is 1.92. The van der Waals surface area contributed by atoms with E-state index in [9.17, 15) is 9.18 Å². The summed E-state index contributed by atoms with van der Waals surface area (Å²) >= 11 is 5.76. The second-order valence-electron chi connectivity index (χ2n) is 6.29. The van der Waals surface area contributed by atoms with E-state index in [2.05, 4.69) is 0 Å². The van der Waals surface area contributed by atoms with E-state index in [1.54, 1.807) is 12.1 Å². The van der Waals surface area contributed by atoms with Gasteiger partial charge in [-0.3, -0.25) is 0 Å². The highest BCUT2D eigenvalue weighted by molar-refractivity contribution is 6.30.